The first-order chi connectivity index (χ1) is 26.4. The Morgan fingerprint density at radius 3 is 2.33 bits per heavy atom. The minimum Gasteiger partial charge on any atom is -0.444 e. The zero-order valence-electron chi connectivity index (χ0n) is 28.9. The van der Waals surface area contributed by atoms with E-state index in [0.717, 1.165) is 55.9 Å². The molecule has 55 heavy (non-hydrogen) atoms. The first kappa shape index (κ1) is 37.0. The summed E-state index contributed by atoms with van der Waals surface area (Å²) in [5, 5.41) is 10.9. The monoisotopic (exact) mass is 764 g/mol. The van der Waals surface area contributed by atoms with E-state index >= 15 is 0 Å². The summed E-state index contributed by atoms with van der Waals surface area (Å²) in [4.78, 5) is 50.6. The lowest BCUT2D eigenvalue weighted by atomic mass is 10.1. The molecule has 0 saturated carbocycles. The molecule has 7 rings (SSSR count). The Labute approximate surface area is 309 Å². The van der Waals surface area contributed by atoms with Gasteiger partial charge in [-0.2, -0.15) is 18.3 Å². The molecule has 0 radical (unpaired) electrons. The van der Waals surface area contributed by atoms with Crippen LogP contribution in [-0.4, -0.2) is 87.9 Å². The van der Waals surface area contributed by atoms with Crippen LogP contribution in [0.1, 0.15) is 34.6 Å². The molecule has 3 aromatic heterocycles. The van der Waals surface area contributed by atoms with E-state index in [9.17, 15) is 36.3 Å². The SMILES string of the molecule is O=C1CCN(c2ccc(CN3CCN(c4ccc(-n5cc(NC(=O)c6coc(-c7ccnc(NCC(F)(F)F)c7)n6)c(C(F)F)n5)cc4)CC3)cc2)C(=O)N1. The number of piperazine rings is 1. The van der Waals surface area contributed by atoms with Gasteiger partial charge in [0.1, 0.15) is 18.6 Å². The van der Waals surface area contributed by atoms with Crippen molar-refractivity contribution in [1.82, 2.24) is 30.0 Å². The molecular weight excluding hydrogens is 731 g/mol. The van der Waals surface area contributed by atoms with Crippen molar-refractivity contribution < 1.29 is 40.8 Å². The highest BCUT2D eigenvalue weighted by atomic mass is 19.4. The molecule has 5 aromatic rings. The molecular formula is C36H33F5N10O4. The van der Waals surface area contributed by atoms with E-state index in [1.807, 2.05) is 36.4 Å². The average molecular weight is 765 g/mol. The van der Waals surface area contributed by atoms with E-state index in [4.69, 9.17) is 4.42 Å². The fourth-order valence-corrected chi connectivity index (χ4v) is 6.16. The van der Waals surface area contributed by atoms with Crippen molar-refractivity contribution in [3.05, 3.63) is 96.3 Å². The van der Waals surface area contributed by atoms with Gasteiger partial charge in [0, 0.05) is 68.8 Å². The van der Waals surface area contributed by atoms with E-state index in [1.165, 1.54) is 29.2 Å². The number of nitrogens with one attached hydrogen (secondary N) is 3. The van der Waals surface area contributed by atoms with E-state index in [0.29, 0.717) is 12.2 Å². The first-order valence-corrected chi connectivity index (χ1v) is 17.1. The number of imide groups is 1. The second kappa shape index (κ2) is 15.5. The molecule has 0 spiro atoms. The predicted molar refractivity (Wildman–Crippen MR) is 190 cm³/mol. The number of anilines is 4. The number of oxazole rings is 1. The molecule has 2 aliphatic rings. The standard InChI is InChI=1S/C36H33F5N10O4/c37-32(38)31-27(44-33(53)28-20-55-34(45-28)23-9-11-42-29(17-23)43-21-36(39,40)41)19-51(47-31)26-7-5-24(6-8-26)49-15-13-48(14-16-49)18-22-1-3-25(4-2-22)50-12-10-30(52)46-35(50)54/h1-9,11,17,19-20,32H,10,12-16,18,21H2,(H,42,43)(H,44,53)(H,46,52,54). The second-order valence-electron chi connectivity index (χ2n) is 12.8. The van der Waals surface area contributed by atoms with Crippen molar-refractivity contribution >= 4 is 40.7 Å². The summed E-state index contributed by atoms with van der Waals surface area (Å²) < 4.78 is 72.4. The number of urea groups is 1. The number of amides is 4. The largest absolute Gasteiger partial charge is 0.444 e. The number of hydrogen-bond donors (Lipinski definition) is 3. The molecule has 0 bridgehead atoms. The van der Waals surface area contributed by atoms with Crippen molar-refractivity contribution in [1.29, 1.82) is 0 Å². The van der Waals surface area contributed by atoms with Crippen molar-refractivity contribution in [3.63, 3.8) is 0 Å². The van der Waals surface area contributed by atoms with Gasteiger partial charge in [-0.1, -0.05) is 12.1 Å². The maximum atomic E-state index is 14.0. The van der Waals surface area contributed by atoms with Gasteiger partial charge in [0.15, 0.2) is 11.4 Å². The second-order valence-corrected chi connectivity index (χ2v) is 12.8. The van der Waals surface area contributed by atoms with Gasteiger partial charge in [-0.05, 0) is 54.1 Å². The fourth-order valence-electron chi connectivity index (χ4n) is 6.16. The Bertz CT molecular complexity index is 2160. The van der Waals surface area contributed by atoms with Gasteiger partial charge in [-0.3, -0.25) is 24.7 Å². The molecule has 2 aliphatic heterocycles. The van der Waals surface area contributed by atoms with E-state index < -0.39 is 36.8 Å². The number of hydrogen-bond acceptors (Lipinski definition) is 10. The van der Waals surface area contributed by atoms with Gasteiger partial charge in [-0.25, -0.2) is 28.2 Å². The lowest BCUT2D eigenvalue weighted by Crippen LogP contribution is -2.49. The van der Waals surface area contributed by atoms with Crippen LogP contribution in [0.15, 0.2) is 83.7 Å². The van der Waals surface area contributed by atoms with Crippen LogP contribution in [0.2, 0.25) is 0 Å². The van der Waals surface area contributed by atoms with Crippen LogP contribution in [0.25, 0.3) is 17.1 Å². The van der Waals surface area contributed by atoms with Crippen molar-refractivity contribution in [2.75, 3.05) is 59.7 Å². The van der Waals surface area contributed by atoms with Crippen LogP contribution in [-0.2, 0) is 11.3 Å². The number of halogens is 5. The number of carbonyl (C=O) groups excluding carboxylic acids is 3. The zero-order valence-corrected chi connectivity index (χ0v) is 28.9. The third kappa shape index (κ3) is 8.89. The molecule has 2 aromatic carbocycles. The number of pyridine rings is 1. The predicted octanol–water partition coefficient (Wildman–Crippen LogP) is 5.85. The van der Waals surface area contributed by atoms with Crippen LogP contribution in [0.3, 0.4) is 0 Å². The van der Waals surface area contributed by atoms with Crippen LogP contribution < -0.4 is 25.8 Å². The summed E-state index contributed by atoms with van der Waals surface area (Å²) in [5.74, 6) is -1.32. The topological polar surface area (TPSA) is 154 Å². The van der Waals surface area contributed by atoms with Crippen LogP contribution in [0.4, 0.5) is 49.6 Å². The van der Waals surface area contributed by atoms with Crippen LogP contribution >= 0.6 is 0 Å². The lowest BCUT2D eigenvalue weighted by Gasteiger charge is -2.36. The number of nitrogens with zero attached hydrogens (tertiary/aromatic N) is 7. The molecule has 2 saturated heterocycles. The van der Waals surface area contributed by atoms with Gasteiger partial charge in [0.05, 0.1) is 17.6 Å². The lowest BCUT2D eigenvalue weighted by molar-refractivity contribution is -0.120. The first-order valence-electron chi connectivity index (χ1n) is 17.1. The summed E-state index contributed by atoms with van der Waals surface area (Å²) in [6.45, 7) is 2.89. The van der Waals surface area contributed by atoms with E-state index in [-0.39, 0.29) is 41.0 Å². The van der Waals surface area contributed by atoms with Crippen molar-refractivity contribution in [3.8, 4) is 17.1 Å². The van der Waals surface area contributed by atoms with E-state index in [1.54, 1.807) is 17.0 Å². The highest BCUT2D eigenvalue weighted by Gasteiger charge is 2.28. The quantitative estimate of drug-likeness (QED) is 0.140. The van der Waals surface area contributed by atoms with Crippen molar-refractivity contribution in [2.24, 2.45) is 0 Å². The molecule has 5 heterocycles. The third-order valence-electron chi connectivity index (χ3n) is 8.97. The highest BCUT2D eigenvalue weighted by Crippen LogP contribution is 2.29. The van der Waals surface area contributed by atoms with Gasteiger partial charge in [0.2, 0.25) is 11.8 Å². The molecule has 286 valence electrons. The Morgan fingerprint density at radius 2 is 1.64 bits per heavy atom. The molecule has 14 nitrogen and oxygen atoms in total. The summed E-state index contributed by atoms with van der Waals surface area (Å²) in [5.41, 5.74) is 2.34. The normalized spacial score (nSPS) is 15.4. The highest BCUT2D eigenvalue weighted by molar-refractivity contribution is 6.05. The minimum absolute atomic E-state index is 0.0907. The molecule has 0 unspecified atom stereocenters. The molecule has 3 N–H and O–H groups in total. The van der Waals surface area contributed by atoms with Gasteiger partial charge >= 0.3 is 12.2 Å². The Kier molecular flexibility index (Phi) is 10.4. The zero-order chi connectivity index (χ0) is 38.7. The number of carbonyl (C=O) groups is 3. The average Bonchev–Trinajstić information content (AvgIpc) is 3.84. The van der Waals surface area contributed by atoms with E-state index in [2.05, 4.69) is 40.8 Å². The minimum atomic E-state index is -4.46. The maximum absolute atomic E-state index is 14.0. The van der Waals surface area contributed by atoms with Gasteiger partial charge in [0.25, 0.3) is 12.3 Å². The Balaban J connectivity index is 0.942. The number of alkyl halides is 5. The number of aromatic nitrogens is 4. The maximum Gasteiger partial charge on any atom is 0.405 e. The molecule has 0 atom stereocenters. The molecule has 2 fully saturated rings. The van der Waals surface area contributed by atoms with Gasteiger partial charge in [-0.15, -0.1) is 0 Å². The van der Waals surface area contributed by atoms with Crippen LogP contribution in [0.5, 0.6) is 0 Å². The fraction of sp³-hybridized carbons (Fsp3) is 0.278. The summed E-state index contributed by atoms with van der Waals surface area (Å²) in [6.07, 6.45) is -3.70. The van der Waals surface area contributed by atoms with Crippen molar-refractivity contribution in [2.45, 2.75) is 25.6 Å². The molecule has 4 amide bonds. The molecule has 0 aliphatic carbocycles. The Morgan fingerprint density at radius 1 is 0.927 bits per heavy atom. The van der Waals surface area contributed by atoms with Gasteiger partial charge < -0.3 is 20.0 Å². The van der Waals surface area contributed by atoms with Crippen LogP contribution in [0, 0.1) is 0 Å². The summed E-state index contributed by atoms with van der Waals surface area (Å²) in [6, 6.07) is 17.2. The smallest absolute Gasteiger partial charge is 0.405 e. The summed E-state index contributed by atoms with van der Waals surface area (Å²) >= 11 is 0. The molecule has 19 heteroatoms. The summed E-state index contributed by atoms with van der Waals surface area (Å²) in [7, 11) is 0. The Hall–Kier alpha value is -6.37. The number of benzene rings is 2. The third-order valence-corrected chi connectivity index (χ3v) is 8.97. The number of rotatable bonds is 11.